The van der Waals surface area contributed by atoms with Crippen LogP contribution in [0.25, 0.3) is 16.9 Å². The van der Waals surface area contributed by atoms with E-state index in [4.69, 9.17) is 4.74 Å². The van der Waals surface area contributed by atoms with Gasteiger partial charge in [0.05, 0.1) is 23.7 Å². The molecule has 9 heteroatoms. The molecule has 0 fully saturated rings. The van der Waals surface area contributed by atoms with E-state index in [0.717, 1.165) is 34.5 Å². The van der Waals surface area contributed by atoms with Crippen molar-refractivity contribution in [2.24, 2.45) is 5.92 Å². The van der Waals surface area contributed by atoms with E-state index in [9.17, 15) is 14.4 Å². The number of aromatic nitrogens is 4. The second kappa shape index (κ2) is 10.9. The molecule has 0 aliphatic heterocycles. The molecular weight excluding hydrogens is 497 g/mol. The van der Waals surface area contributed by atoms with Crippen LogP contribution in [0.1, 0.15) is 42.0 Å². The number of benzene rings is 1. The van der Waals surface area contributed by atoms with Crippen molar-refractivity contribution in [3.05, 3.63) is 102 Å². The maximum atomic E-state index is 13.4. The van der Waals surface area contributed by atoms with Gasteiger partial charge in [0.1, 0.15) is 28.8 Å². The van der Waals surface area contributed by atoms with Crippen molar-refractivity contribution in [2.45, 2.75) is 33.6 Å². The van der Waals surface area contributed by atoms with Gasteiger partial charge in [-0.2, -0.15) is 0 Å². The van der Waals surface area contributed by atoms with Crippen molar-refractivity contribution in [3.63, 3.8) is 0 Å². The average Bonchev–Trinajstić information content (AvgIpc) is 3.32. The van der Waals surface area contributed by atoms with Gasteiger partial charge in [-0.25, -0.2) is 14.4 Å². The van der Waals surface area contributed by atoms with Crippen LogP contribution >= 0.6 is 0 Å². The van der Waals surface area contributed by atoms with Gasteiger partial charge in [0.2, 0.25) is 0 Å². The number of imidazole rings is 1. The molecule has 198 valence electrons. The van der Waals surface area contributed by atoms with E-state index in [1.165, 1.54) is 24.4 Å². The van der Waals surface area contributed by atoms with Crippen LogP contribution in [0.2, 0.25) is 0 Å². The topological polar surface area (TPSA) is 92.6 Å². The Bertz CT molecular complexity index is 1630. The number of halogens is 1. The molecule has 0 bridgehead atoms. The third-order valence-electron chi connectivity index (χ3n) is 6.32. The van der Waals surface area contributed by atoms with E-state index >= 15 is 0 Å². The van der Waals surface area contributed by atoms with Crippen molar-refractivity contribution in [2.75, 3.05) is 5.32 Å². The lowest BCUT2D eigenvalue weighted by atomic mass is 10.1. The standard InChI is InChI=1S/C30H28FN5O3/c1-19(2)4-10-23-17-35-18-25(12-15-28(35)33-23)39-24-11-14-27(32-16-24)34-30(37)26-13-5-20(3)29(36(26)38)21-6-8-22(31)9-7-21/h5-9,11-19H,4,10H2,1-3H3,(H-,32,34,37,38)/p+1. The number of amides is 1. The number of pyridine rings is 3. The molecule has 5 rings (SSSR count). The number of fused-ring (bicyclic) bond motifs is 1. The molecule has 2 N–H and O–H groups in total. The van der Waals surface area contributed by atoms with E-state index in [0.29, 0.717) is 28.7 Å². The molecule has 8 nitrogen and oxygen atoms in total. The van der Waals surface area contributed by atoms with Crippen LogP contribution in [0.3, 0.4) is 0 Å². The summed E-state index contributed by atoms with van der Waals surface area (Å²) in [6.45, 7) is 6.19. The summed E-state index contributed by atoms with van der Waals surface area (Å²) in [5.41, 5.74) is 3.60. The fourth-order valence-electron chi connectivity index (χ4n) is 4.24. The van der Waals surface area contributed by atoms with Crippen LogP contribution in [0.4, 0.5) is 10.2 Å². The van der Waals surface area contributed by atoms with Gasteiger partial charge in [-0.05, 0) is 80.3 Å². The highest BCUT2D eigenvalue weighted by molar-refractivity contribution is 6.01. The molecule has 1 amide bonds. The highest BCUT2D eigenvalue weighted by atomic mass is 19.1. The summed E-state index contributed by atoms with van der Waals surface area (Å²) < 4.78 is 22.1. The average molecular weight is 527 g/mol. The van der Waals surface area contributed by atoms with E-state index in [-0.39, 0.29) is 17.3 Å². The number of carbonyl (C=O) groups excluding carboxylic acids is 1. The number of anilines is 1. The normalized spacial score (nSPS) is 11.2. The molecule has 0 unspecified atom stereocenters. The van der Waals surface area contributed by atoms with Crippen LogP contribution in [-0.4, -0.2) is 25.5 Å². The number of hydrogen-bond donors (Lipinski definition) is 2. The fraction of sp³-hybridized carbons (Fsp3) is 0.200. The molecule has 0 aliphatic rings. The van der Waals surface area contributed by atoms with Crippen LogP contribution in [-0.2, 0) is 6.42 Å². The zero-order chi connectivity index (χ0) is 27.5. The minimum atomic E-state index is -0.555. The number of ether oxygens (including phenoxy) is 1. The Kier molecular flexibility index (Phi) is 7.23. The predicted molar refractivity (Wildman–Crippen MR) is 145 cm³/mol. The van der Waals surface area contributed by atoms with Crippen LogP contribution < -0.4 is 14.8 Å². The van der Waals surface area contributed by atoms with Gasteiger partial charge in [-0.15, -0.1) is 0 Å². The molecule has 0 atom stereocenters. The lowest BCUT2D eigenvalue weighted by molar-refractivity contribution is -0.897. The maximum Gasteiger partial charge on any atom is 0.326 e. The Morgan fingerprint density at radius 1 is 1.05 bits per heavy atom. The van der Waals surface area contributed by atoms with E-state index in [1.807, 2.05) is 28.9 Å². The minimum Gasteiger partial charge on any atom is -0.454 e. The molecule has 4 aromatic heterocycles. The zero-order valence-corrected chi connectivity index (χ0v) is 21.9. The van der Waals surface area contributed by atoms with Gasteiger partial charge in [0, 0.05) is 22.6 Å². The monoisotopic (exact) mass is 526 g/mol. The highest BCUT2D eigenvalue weighted by Crippen LogP contribution is 2.24. The van der Waals surface area contributed by atoms with Crippen molar-refractivity contribution in [1.29, 1.82) is 0 Å². The molecule has 0 saturated heterocycles. The lowest BCUT2D eigenvalue weighted by Gasteiger charge is -2.08. The number of rotatable bonds is 8. The maximum absolute atomic E-state index is 13.4. The molecule has 0 spiro atoms. The number of carbonyl (C=O) groups is 1. The summed E-state index contributed by atoms with van der Waals surface area (Å²) in [6, 6.07) is 16.0. The third-order valence-corrected chi connectivity index (χ3v) is 6.32. The lowest BCUT2D eigenvalue weighted by Crippen LogP contribution is -2.42. The first-order valence-corrected chi connectivity index (χ1v) is 12.7. The second-order valence-corrected chi connectivity index (χ2v) is 9.80. The first-order chi connectivity index (χ1) is 18.8. The number of hydrogen-bond acceptors (Lipinski definition) is 5. The SMILES string of the molecule is Cc1ccc(C(=O)Nc2ccc(Oc3ccc4nc(CCC(C)C)cn4c3)cn2)[n+](O)c1-c1ccc(F)cc1. The van der Waals surface area contributed by atoms with Gasteiger partial charge in [0.15, 0.2) is 0 Å². The van der Waals surface area contributed by atoms with E-state index in [2.05, 4.69) is 29.1 Å². The van der Waals surface area contributed by atoms with Crippen LogP contribution in [0.15, 0.2) is 79.3 Å². The van der Waals surface area contributed by atoms with Gasteiger partial charge in [-0.1, -0.05) is 13.8 Å². The number of aryl methyl sites for hydroxylation is 2. The Hall–Kier alpha value is -4.79. The van der Waals surface area contributed by atoms with Gasteiger partial charge >= 0.3 is 11.6 Å². The molecule has 0 saturated carbocycles. The fourth-order valence-corrected chi connectivity index (χ4v) is 4.24. The number of nitrogens with one attached hydrogen (secondary N) is 1. The highest BCUT2D eigenvalue weighted by Gasteiger charge is 2.27. The van der Waals surface area contributed by atoms with Gasteiger partial charge in [-0.3, -0.25) is 10.0 Å². The predicted octanol–water partition coefficient (Wildman–Crippen LogP) is 6.00. The summed E-state index contributed by atoms with van der Waals surface area (Å²) in [4.78, 5) is 21.9. The Morgan fingerprint density at radius 3 is 2.54 bits per heavy atom. The third kappa shape index (κ3) is 5.87. The smallest absolute Gasteiger partial charge is 0.326 e. The quantitative estimate of drug-likeness (QED) is 0.191. The zero-order valence-electron chi connectivity index (χ0n) is 21.9. The summed E-state index contributed by atoms with van der Waals surface area (Å²) >= 11 is 0. The molecule has 1 aromatic carbocycles. The molecule has 5 aromatic rings. The Morgan fingerprint density at radius 2 is 1.82 bits per heavy atom. The largest absolute Gasteiger partial charge is 0.454 e. The van der Waals surface area contributed by atoms with Crippen molar-refractivity contribution < 1.29 is 23.9 Å². The van der Waals surface area contributed by atoms with E-state index < -0.39 is 5.91 Å². The summed E-state index contributed by atoms with van der Waals surface area (Å²) in [5, 5.41) is 13.5. The molecule has 0 radical (unpaired) electrons. The minimum absolute atomic E-state index is 0.00319. The first kappa shape index (κ1) is 25.8. The van der Waals surface area contributed by atoms with Crippen molar-refractivity contribution in [3.8, 4) is 22.8 Å². The van der Waals surface area contributed by atoms with Crippen molar-refractivity contribution >= 4 is 17.4 Å². The number of nitrogens with zero attached hydrogens (tertiary/aromatic N) is 4. The molecule has 4 heterocycles. The molecule has 0 aliphatic carbocycles. The van der Waals surface area contributed by atoms with Crippen LogP contribution in [0.5, 0.6) is 11.5 Å². The summed E-state index contributed by atoms with van der Waals surface area (Å²) in [6.07, 6.45) is 7.40. The second-order valence-electron chi connectivity index (χ2n) is 9.80. The molecular formula is C30H29FN5O3+. The van der Waals surface area contributed by atoms with Crippen molar-refractivity contribution in [1.82, 2.24) is 14.4 Å². The van der Waals surface area contributed by atoms with E-state index in [1.54, 1.807) is 37.3 Å². The van der Waals surface area contributed by atoms with Gasteiger partial charge in [0.25, 0.3) is 5.69 Å². The van der Waals surface area contributed by atoms with Crippen LogP contribution in [0, 0.1) is 18.7 Å². The van der Waals surface area contributed by atoms with Gasteiger partial charge < -0.3 is 14.5 Å². The first-order valence-electron chi connectivity index (χ1n) is 12.7. The summed E-state index contributed by atoms with van der Waals surface area (Å²) in [7, 11) is 0. The Balaban J connectivity index is 1.27. The molecule has 39 heavy (non-hydrogen) atoms. The Labute approximate surface area is 225 Å². The summed E-state index contributed by atoms with van der Waals surface area (Å²) in [5.74, 6) is 1.09.